The second kappa shape index (κ2) is 5.17. The van der Waals surface area contributed by atoms with Gasteiger partial charge in [0.15, 0.2) is 6.29 Å². The summed E-state index contributed by atoms with van der Waals surface area (Å²) in [6.07, 6.45) is -9.46. The zero-order valence-corrected chi connectivity index (χ0v) is 8.52. The third-order valence-electron chi connectivity index (χ3n) is 2.34. The number of carbonyl (C=O) groups excluding carboxylic acids is 1. The Labute approximate surface area is 94.0 Å². The van der Waals surface area contributed by atoms with E-state index in [1.54, 1.807) is 0 Å². The maximum atomic E-state index is 11.9. The number of amides is 1. The van der Waals surface area contributed by atoms with E-state index >= 15 is 0 Å². The molecule has 0 spiro atoms. The predicted octanol–water partition coefficient (Wildman–Crippen LogP) is -1.51. The van der Waals surface area contributed by atoms with E-state index in [9.17, 15) is 28.2 Å². The molecule has 1 unspecified atom stereocenters. The summed E-state index contributed by atoms with van der Waals surface area (Å²) >= 11 is 0. The first-order valence-electron chi connectivity index (χ1n) is 4.76. The zero-order chi connectivity index (χ0) is 13.2. The van der Waals surface area contributed by atoms with Crippen LogP contribution in [-0.2, 0) is 9.53 Å². The third kappa shape index (κ3) is 3.53. The summed E-state index contributed by atoms with van der Waals surface area (Å²) in [7, 11) is 0. The minimum absolute atomic E-state index is 0.339. The van der Waals surface area contributed by atoms with Gasteiger partial charge in [-0.15, -0.1) is 0 Å². The molecule has 1 rings (SSSR count). The van der Waals surface area contributed by atoms with Crippen molar-refractivity contribution in [3.05, 3.63) is 0 Å². The SMILES string of the molecule is O=C(N[C@@H]1C[C@H](O)[C@@H](CO)OC1O)C(F)(F)F. The molecule has 1 saturated heterocycles. The van der Waals surface area contributed by atoms with Crippen LogP contribution in [0.25, 0.3) is 0 Å². The van der Waals surface area contributed by atoms with Gasteiger partial charge in [0.05, 0.1) is 18.8 Å². The van der Waals surface area contributed by atoms with Crippen molar-refractivity contribution in [3.8, 4) is 0 Å². The number of carbonyl (C=O) groups is 1. The van der Waals surface area contributed by atoms with Crippen LogP contribution in [0.1, 0.15) is 6.42 Å². The molecular formula is C8H12F3NO5. The molecular weight excluding hydrogens is 247 g/mol. The maximum absolute atomic E-state index is 11.9. The molecule has 100 valence electrons. The molecule has 1 heterocycles. The van der Waals surface area contributed by atoms with Crippen LogP contribution in [-0.4, -0.2) is 58.5 Å². The molecule has 1 aliphatic rings. The normalized spacial score (nSPS) is 34.5. The van der Waals surface area contributed by atoms with Gasteiger partial charge in [-0.05, 0) is 0 Å². The summed E-state index contributed by atoms with van der Waals surface area (Å²) in [4.78, 5) is 10.6. The number of hydrogen-bond donors (Lipinski definition) is 4. The summed E-state index contributed by atoms with van der Waals surface area (Å²) in [5.41, 5.74) is 0. The molecule has 0 saturated carbocycles. The van der Waals surface area contributed by atoms with Crippen LogP contribution in [0, 0.1) is 0 Å². The predicted molar refractivity (Wildman–Crippen MR) is 46.6 cm³/mol. The average Bonchev–Trinajstić information content (AvgIpc) is 2.21. The van der Waals surface area contributed by atoms with Gasteiger partial charge in [-0.2, -0.15) is 13.2 Å². The molecule has 0 bridgehead atoms. The van der Waals surface area contributed by atoms with E-state index in [1.807, 2.05) is 0 Å². The molecule has 1 amide bonds. The number of halogens is 3. The van der Waals surface area contributed by atoms with Crippen molar-refractivity contribution in [2.24, 2.45) is 0 Å². The quantitative estimate of drug-likeness (QED) is 0.483. The fourth-order valence-corrected chi connectivity index (χ4v) is 1.44. The van der Waals surface area contributed by atoms with E-state index in [0.29, 0.717) is 0 Å². The Morgan fingerprint density at radius 3 is 2.47 bits per heavy atom. The van der Waals surface area contributed by atoms with Crippen molar-refractivity contribution in [2.75, 3.05) is 6.61 Å². The molecule has 9 heteroatoms. The topological polar surface area (TPSA) is 99.0 Å². The molecule has 0 aromatic heterocycles. The summed E-state index contributed by atoms with van der Waals surface area (Å²) in [6, 6.07) is -1.37. The van der Waals surface area contributed by atoms with Crippen LogP contribution in [0.15, 0.2) is 0 Å². The Morgan fingerprint density at radius 1 is 1.41 bits per heavy atom. The standard InChI is InChI=1S/C8H12F3NO5/c9-8(10,11)7(16)12-3-1-4(14)5(2-13)17-6(3)15/h3-6,13-15H,1-2H2,(H,12,16)/t3-,4+,5-,6?/m1/s1. The highest BCUT2D eigenvalue weighted by Gasteiger charge is 2.43. The number of alkyl halides is 3. The van der Waals surface area contributed by atoms with Gasteiger partial charge in [-0.3, -0.25) is 4.79 Å². The Hall–Kier alpha value is -0.900. The van der Waals surface area contributed by atoms with Gasteiger partial charge in [0, 0.05) is 6.42 Å². The highest BCUT2D eigenvalue weighted by Crippen LogP contribution is 2.21. The number of aliphatic hydroxyl groups excluding tert-OH is 3. The summed E-state index contributed by atoms with van der Waals surface area (Å²) < 4.78 is 40.5. The Bertz CT molecular complexity index is 285. The molecule has 4 atom stereocenters. The smallest absolute Gasteiger partial charge is 0.394 e. The lowest BCUT2D eigenvalue weighted by atomic mass is 10.0. The molecule has 4 N–H and O–H groups in total. The lowest BCUT2D eigenvalue weighted by Gasteiger charge is -2.36. The fraction of sp³-hybridized carbons (Fsp3) is 0.875. The minimum Gasteiger partial charge on any atom is -0.394 e. The van der Waals surface area contributed by atoms with Crippen LogP contribution < -0.4 is 5.32 Å². The minimum atomic E-state index is -5.07. The average molecular weight is 259 g/mol. The van der Waals surface area contributed by atoms with E-state index < -0.39 is 43.2 Å². The van der Waals surface area contributed by atoms with Gasteiger partial charge in [-0.1, -0.05) is 0 Å². The van der Waals surface area contributed by atoms with Gasteiger partial charge in [0.1, 0.15) is 6.10 Å². The van der Waals surface area contributed by atoms with E-state index in [-0.39, 0.29) is 6.42 Å². The number of nitrogens with one attached hydrogen (secondary N) is 1. The van der Waals surface area contributed by atoms with Crippen molar-refractivity contribution in [3.63, 3.8) is 0 Å². The molecule has 0 radical (unpaired) electrons. The van der Waals surface area contributed by atoms with E-state index in [4.69, 9.17) is 5.11 Å². The van der Waals surface area contributed by atoms with E-state index in [0.717, 1.165) is 0 Å². The molecule has 1 fully saturated rings. The first-order valence-corrected chi connectivity index (χ1v) is 4.76. The molecule has 0 aromatic rings. The largest absolute Gasteiger partial charge is 0.471 e. The zero-order valence-electron chi connectivity index (χ0n) is 8.52. The first-order chi connectivity index (χ1) is 7.75. The Kier molecular flexibility index (Phi) is 4.31. The van der Waals surface area contributed by atoms with Crippen LogP contribution in [0.3, 0.4) is 0 Å². The number of aliphatic hydroxyl groups is 3. The van der Waals surface area contributed by atoms with Crippen molar-refractivity contribution in [2.45, 2.75) is 37.1 Å². The van der Waals surface area contributed by atoms with Crippen LogP contribution in [0.2, 0.25) is 0 Å². The molecule has 17 heavy (non-hydrogen) atoms. The lowest BCUT2D eigenvalue weighted by molar-refractivity contribution is -0.224. The first kappa shape index (κ1) is 14.2. The highest BCUT2D eigenvalue weighted by molar-refractivity contribution is 5.81. The van der Waals surface area contributed by atoms with E-state index in [2.05, 4.69) is 4.74 Å². The number of hydrogen-bond acceptors (Lipinski definition) is 5. The van der Waals surface area contributed by atoms with Crippen molar-refractivity contribution in [1.82, 2.24) is 5.32 Å². The van der Waals surface area contributed by atoms with Gasteiger partial charge in [0.25, 0.3) is 0 Å². The third-order valence-corrected chi connectivity index (χ3v) is 2.34. The lowest BCUT2D eigenvalue weighted by Crippen LogP contribution is -2.57. The van der Waals surface area contributed by atoms with Crippen molar-refractivity contribution < 1.29 is 38.0 Å². The monoisotopic (exact) mass is 259 g/mol. The number of ether oxygens (including phenoxy) is 1. The molecule has 0 aliphatic carbocycles. The van der Waals surface area contributed by atoms with Crippen molar-refractivity contribution in [1.29, 1.82) is 0 Å². The van der Waals surface area contributed by atoms with Crippen LogP contribution in [0.5, 0.6) is 0 Å². The maximum Gasteiger partial charge on any atom is 0.471 e. The summed E-state index contributed by atoms with van der Waals surface area (Å²) in [5.74, 6) is -2.22. The van der Waals surface area contributed by atoms with Crippen molar-refractivity contribution >= 4 is 5.91 Å². The fourth-order valence-electron chi connectivity index (χ4n) is 1.44. The van der Waals surface area contributed by atoms with E-state index in [1.165, 1.54) is 5.32 Å². The van der Waals surface area contributed by atoms with Crippen LogP contribution >= 0.6 is 0 Å². The van der Waals surface area contributed by atoms with Gasteiger partial charge in [0.2, 0.25) is 0 Å². The number of rotatable bonds is 2. The van der Waals surface area contributed by atoms with Crippen LogP contribution in [0.4, 0.5) is 13.2 Å². The van der Waals surface area contributed by atoms with Gasteiger partial charge < -0.3 is 25.4 Å². The van der Waals surface area contributed by atoms with Gasteiger partial charge in [-0.25, -0.2) is 0 Å². The molecule has 6 nitrogen and oxygen atoms in total. The summed E-state index contributed by atoms with van der Waals surface area (Å²) in [5, 5.41) is 28.8. The second-order valence-electron chi connectivity index (χ2n) is 3.63. The Balaban J connectivity index is 2.59. The molecule has 0 aromatic carbocycles. The molecule has 1 aliphatic heterocycles. The second-order valence-corrected chi connectivity index (χ2v) is 3.63. The van der Waals surface area contributed by atoms with Gasteiger partial charge >= 0.3 is 12.1 Å². The highest BCUT2D eigenvalue weighted by atomic mass is 19.4. The summed E-state index contributed by atoms with van der Waals surface area (Å²) in [6.45, 7) is -0.585. The Morgan fingerprint density at radius 2 is 2.00 bits per heavy atom.